The smallest absolute Gasteiger partial charge is 0.303 e. The van der Waals surface area contributed by atoms with Crippen molar-refractivity contribution in [2.45, 2.75) is 171 Å². The molecule has 1 saturated carbocycles. The third-order valence-electron chi connectivity index (χ3n) is 12.1. The Bertz CT molecular complexity index is 1590. The van der Waals surface area contributed by atoms with E-state index < -0.39 is 41.8 Å². The van der Waals surface area contributed by atoms with Crippen molar-refractivity contribution >= 4 is 5.97 Å². The zero-order valence-electron chi connectivity index (χ0n) is 33.3. The standard InChI is InChI=1S/C47H67NO7/c1-3-4-8-19-39(50)28-25-37-24-23-36-17-12-11-16-35(36)18-15-21-44(46(2,55)47(31-13-7-14-32-47)38-26-29-40(51)30-27-38)48-43(42(37)33-41(52)34-49)20-9-5-6-10-22-45(53)54/h11-12,16-17,25-30,39,41,43-44,48-52,55H,3-10,13-14,19-24,31-34H2,1-2H3,(H,53,54). The van der Waals surface area contributed by atoms with Gasteiger partial charge >= 0.3 is 5.97 Å². The lowest BCUT2D eigenvalue weighted by atomic mass is 9.57. The van der Waals surface area contributed by atoms with Crippen molar-refractivity contribution in [1.82, 2.24) is 5.32 Å². The molecule has 2 aromatic carbocycles. The number of unbranched alkanes of at least 4 members (excludes halogenated alkanes) is 5. The van der Waals surface area contributed by atoms with Gasteiger partial charge in [-0.15, -0.1) is 0 Å². The highest BCUT2D eigenvalue weighted by Gasteiger charge is 2.53. The van der Waals surface area contributed by atoms with Crippen LogP contribution in [0.4, 0.5) is 0 Å². The molecule has 0 amide bonds. The molecule has 2 aliphatic rings. The second-order valence-corrected chi connectivity index (χ2v) is 16.1. The molecular formula is C47H67NO7. The normalized spacial score (nSPS) is 21.3. The Labute approximate surface area is 329 Å². The van der Waals surface area contributed by atoms with Crippen LogP contribution in [0.15, 0.2) is 71.8 Å². The van der Waals surface area contributed by atoms with Gasteiger partial charge in [0.05, 0.1) is 24.4 Å². The molecule has 1 heterocycles. The summed E-state index contributed by atoms with van der Waals surface area (Å²) in [6.07, 6.45) is 16.2. The number of aliphatic carboxylic acids is 1. The number of nitrogens with one attached hydrogen (secondary N) is 1. The van der Waals surface area contributed by atoms with Crippen molar-refractivity contribution in [1.29, 1.82) is 0 Å². The number of carbonyl (C=O) groups is 1. The number of phenols is 1. The summed E-state index contributed by atoms with van der Waals surface area (Å²) in [7, 11) is 0. The average molecular weight is 758 g/mol. The van der Waals surface area contributed by atoms with E-state index in [-0.39, 0.29) is 24.6 Å². The number of hydrogen-bond acceptors (Lipinski definition) is 7. The molecule has 5 atom stereocenters. The number of benzene rings is 2. The summed E-state index contributed by atoms with van der Waals surface area (Å²) in [5, 5.41) is 68.9. The summed E-state index contributed by atoms with van der Waals surface area (Å²) in [6.45, 7) is 3.68. The van der Waals surface area contributed by atoms with Gasteiger partial charge in [-0.05, 0) is 98.8 Å². The third-order valence-corrected chi connectivity index (χ3v) is 12.1. The van der Waals surface area contributed by atoms with Gasteiger partial charge in [0.2, 0.25) is 0 Å². The lowest BCUT2D eigenvalue weighted by Gasteiger charge is -2.52. The molecule has 1 aliphatic carbocycles. The minimum absolute atomic E-state index is 0.134. The van der Waals surface area contributed by atoms with Crippen LogP contribution < -0.4 is 5.32 Å². The third kappa shape index (κ3) is 12.8. The number of aryl methyl sites for hydroxylation is 1. The summed E-state index contributed by atoms with van der Waals surface area (Å²) in [4.78, 5) is 11.2. The van der Waals surface area contributed by atoms with Gasteiger partial charge < -0.3 is 36.0 Å². The van der Waals surface area contributed by atoms with Crippen molar-refractivity contribution in [3.8, 4) is 17.6 Å². The number of aliphatic hydroxyl groups excluding tert-OH is 3. The number of phenolic OH excluding ortho intramolecular Hbond substituents is 1. The maximum atomic E-state index is 13.2. The monoisotopic (exact) mass is 757 g/mol. The molecule has 7 N–H and O–H groups in total. The fourth-order valence-corrected chi connectivity index (χ4v) is 8.83. The molecule has 55 heavy (non-hydrogen) atoms. The number of carboxylic acids is 1. The van der Waals surface area contributed by atoms with Gasteiger partial charge in [-0.3, -0.25) is 4.79 Å². The van der Waals surface area contributed by atoms with E-state index in [0.29, 0.717) is 38.5 Å². The van der Waals surface area contributed by atoms with Gasteiger partial charge in [0.15, 0.2) is 0 Å². The number of aliphatic hydroxyl groups is 4. The first-order chi connectivity index (χ1) is 26.5. The van der Waals surface area contributed by atoms with Crippen LogP contribution in [0.1, 0.15) is 146 Å². The van der Waals surface area contributed by atoms with Crippen molar-refractivity contribution in [3.63, 3.8) is 0 Å². The van der Waals surface area contributed by atoms with Gasteiger partial charge in [-0.2, -0.15) is 0 Å². The lowest BCUT2D eigenvalue weighted by molar-refractivity contribution is -0.137. The predicted octanol–water partition coefficient (Wildman–Crippen LogP) is 8.02. The summed E-state index contributed by atoms with van der Waals surface area (Å²) < 4.78 is 0. The quantitative estimate of drug-likeness (QED) is 0.0563. The Balaban J connectivity index is 1.88. The average Bonchev–Trinajstić information content (AvgIpc) is 3.17. The fraction of sp³-hybridized carbons (Fsp3) is 0.596. The first-order valence-corrected chi connectivity index (χ1v) is 20.9. The van der Waals surface area contributed by atoms with Gasteiger partial charge in [-0.25, -0.2) is 0 Å². The molecule has 0 radical (unpaired) electrons. The minimum Gasteiger partial charge on any atom is -0.508 e. The van der Waals surface area contributed by atoms with E-state index in [2.05, 4.69) is 30.1 Å². The van der Waals surface area contributed by atoms with Gasteiger partial charge in [0.25, 0.3) is 0 Å². The second-order valence-electron chi connectivity index (χ2n) is 16.1. The van der Waals surface area contributed by atoms with Gasteiger partial charge in [0, 0.05) is 35.9 Å². The van der Waals surface area contributed by atoms with E-state index in [0.717, 1.165) is 98.5 Å². The Morgan fingerprint density at radius 3 is 2.42 bits per heavy atom. The first-order valence-electron chi connectivity index (χ1n) is 20.9. The van der Waals surface area contributed by atoms with Crippen LogP contribution in [0.3, 0.4) is 0 Å². The highest BCUT2D eigenvalue weighted by atomic mass is 16.4. The van der Waals surface area contributed by atoms with E-state index in [1.807, 2.05) is 49.4 Å². The molecule has 0 spiro atoms. The zero-order valence-corrected chi connectivity index (χ0v) is 33.3. The first kappa shape index (κ1) is 44.3. The Morgan fingerprint density at radius 1 is 0.982 bits per heavy atom. The molecule has 0 aromatic heterocycles. The zero-order chi connectivity index (χ0) is 39.7. The van der Waals surface area contributed by atoms with E-state index >= 15 is 0 Å². The topological polar surface area (TPSA) is 150 Å². The van der Waals surface area contributed by atoms with E-state index in [9.17, 15) is 35.4 Å². The molecule has 1 aliphatic heterocycles. The Hall–Kier alpha value is -3.45. The van der Waals surface area contributed by atoms with Crippen LogP contribution in [0.2, 0.25) is 0 Å². The molecule has 5 unspecified atom stereocenters. The summed E-state index contributed by atoms with van der Waals surface area (Å²) >= 11 is 0. The Kier molecular flexibility index (Phi) is 18.0. The molecule has 8 heteroatoms. The number of aromatic hydroxyl groups is 1. The van der Waals surface area contributed by atoms with Crippen LogP contribution in [0.5, 0.6) is 5.75 Å². The van der Waals surface area contributed by atoms with E-state index in [4.69, 9.17) is 0 Å². The molecule has 2 aromatic rings. The molecule has 4 rings (SSSR count). The largest absolute Gasteiger partial charge is 0.508 e. The van der Waals surface area contributed by atoms with Crippen molar-refractivity contribution in [2.24, 2.45) is 0 Å². The van der Waals surface area contributed by atoms with Crippen LogP contribution >= 0.6 is 0 Å². The predicted molar refractivity (Wildman–Crippen MR) is 220 cm³/mol. The van der Waals surface area contributed by atoms with Crippen LogP contribution in [-0.2, 0) is 16.6 Å². The van der Waals surface area contributed by atoms with Crippen molar-refractivity contribution < 1.29 is 35.4 Å². The fourth-order valence-electron chi connectivity index (χ4n) is 8.83. The van der Waals surface area contributed by atoms with Crippen LogP contribution in [-0.4, -0.2) is 73.1 Å². The van der Waals surface area contributed by atoms with Gasteiger partial charge in [0.1, 0.15) is 5.75 Å². The van der Waals surface area contributed by atoms with Crippen molar-refractivity contribution in [2.75, 3.05) is 6.61 Å². The van der Waals surface area contributed by atoms with Gasteiger partial charge in [-0.1, -0.05) is 119 Å². The Morgan fingerprint density at radius 2 is 1.71 bits per heavy atom. The van der Waals surface area contributed by atoms with Crippen molar-refractivity contribution in [3.05, 3.63) is 88.5 Å². The van der Waals surface area contributed by atoms with E-state index in [1.54, 1.807) is 12.1 Å². The molecule has 0 bridgehead atoms. The summed E-state index contributed by atoms with van der Waals surface area (Å²) in [6, 6.07) is 14.6. The minimum atomic E-state index is -1.30. The molecule has 1 fully saturated rings. The number of allylic oxidation sites excluding steroid dienone is 2. The molecule has 0 saturated heterocycles. The SMILES string of the molecule is CCCCCC(O)C=CC1=C(CC(O)CO)C(CCCCCCC(=O)O)NC(C(C)(O)C2(c3ccc(O)cc3)CCCCC2)CC#Cc2ccccc2CC1. The maximum absolute atomic E-state index is 13.2. The maximum Gasteiger partial charge on any atom is 0.303 e. The second kappa shape index (κ2) is 22.3. The van der Waals surface area contributed by atoms with E-state index in [1.165, 1.54) is 0 Å². The highest BCUT2D eigenvalue weighted by molar-refractivity contribution is 5.66. The lowest BCUT2D eigenvalue weighted by Crippen LogP contribution is -2.63. The van der Waals surface area contributed by atoms with Crippen LogP contribution in [0, 0.1) is 11.8 Å². The summed E-state index contributed by atoms with van der Waals surface area (Å²) in [5.74, 6) is 6.31. The number of fused-ring (bicyclic) bond motifs is 1. The summed E-state index contributed by atoms with van der Waals surface area (Å²) in [5.41, 5.74) is 3.04. The highest BCUT2D eigenvalue weighted by Crippen LogP contribution is 2.49. The number of rotatable bonds is 19. The molecule has 302 valence electrons. The number of carboxylic acid groups (broad SMARTS) is 1. The molecule has 8 nitrogen and oxygen atoms in total. The number of hydrogen-bond donors (Lipinski definition) is 7. The molecular weight excluding hydrogens is 691 g/mol. The van der Waals surface area contributed by atoms with Crippen LogP contribution in [0.25, 0.3) is 0 Å².